The largest absolute Gasteiger partial charge is 0.444 e. The van der Waals surface area contributed by atoms with Crippen LogP contribution in [0.15, 0.2) is 66.7 Å². The zero-order chi connectivity index (χ0) is 37.0. The molecule has 13 heteroatoms. The number of imide groups is 1. The zero-order valence-electron chi connectivity index (χ0n) is 29.9. The molecule has 0 radical (unpaired) electrons. The van der Waals surface area contributed by atoms with Crippen molar-refractivity contribution in [2.75, 3.05) is 6.54 Å². The lowest BCUT2D eigenvalue weighted by atomic mass is 10.0. The van der Waals surface area contributed by atoms with Crippen LogP contribution in [0.25, 0.3) is 0 Å². The van der Waals surface area contributed by atoms with Gasteiger partial charge >= 0.3 is 12.2 Å². The number of nitrogens with zero attached hydrogens (tertiary/aromatic N) is 2. The zero-order valence-corrected chi connectivity index (χ0v) is 29.9. The maximum absolute atomic E-state index is 14.3. The molecule has 1 saturated heterocycles. The van der Waals surface area contributed by atoms with E-state index in [0.29, 0.717) is 37.9 Å². The maximum Gasteiger partial charge on any atom is 0.410 e. The second-order valence-electron chi connectivity index (χ2n) is 15.1. The van der Waals surface area contributed by atoms with Crippen molar-refractivity contribution in [3.05, 3.63) is 83.4 Å². The summed E-state index contributed by atoms with van der Waals surface area (Å²) in [7, 11) is 0. The van der Waals surface area contributed by atoms with Crippen LogP contribution < -0.4 is 16.0 Å². The minimum absolute atomic E-state index is 0.0234. The highest BCUT2D eigenvalue weighted by atomic mass is 16.6. The van der Waals surface area contributed by atoms with E-state index in [1.165, 1.54) is 4.90 Å². The normalized spacial score (nSPS) is 26.7. The Balaban J connectivity index is 1.25. The highest BCUT2D eigenvalue weighted by Gasteiger charge is 2.61. The molecule has 13 nitrogen and oxygen atoms in total. The molecule has 2 aromatic rings. The molecule has 5 atom stereocenters. The summed E-state index contributed by atoms with van der Waals surface area (Å²) in [6.07, 6.45) is 5.16. The Morgan fingerprint density at radius 1 is 0.923 bits per heavy atom. The van der Waals surface area contributed by atoms with Crippen LogP contribution in [-0.4, -0.2) is 81.5 Å². The van der Waals surface area contributed by atoms with Gasteiger partial charge in [0.15, 0.2) is 0 Å². The number of benzene rings is 2. The van der Waals surface area contributed by atoms with Gasteiger partial charge in [0.05, 0.1) is 6.54 Å². The van der Waals surface area contributed by atoms with Gasteiger partial charge in [-0.05, 0) is 69.7 Å². The summed E-state index contributed by atoms with van der Waals surface area (Å²) in [6, 6.07) is 13.9. The summed E-state index contributed by atoms with van der Waals surface area (Å²) in [4.78, 5) is 84.6. The fourth-order valence-electron chi connectivity index (χ4n) is 7.17. The molecule has 4 aliphatic rings. The lowest BCUT2D eigenvalue weighted by molar-refractivity contribution is -0.141. The van der Waals surface area contributed by atoms with Gasteiger partial charge in [-0.3, -0.25) is 29.4 Å². The molecule has 0 unspecified atom stereocenters. The second-order valence-corrected chi connectivity index (χ2v) is 15.1. The van der Waals surface area contributed by atoms with E-state index in [0.717, 1.165) is 24.0 Å². The molecule has 3 heterocycles. The lowest BCUT2D eigenvalue weighted by Gasteiger charge is -2.30. The monoisotopic (exact) mass is 713 g/mol. The molecule has 2 fully saturated rings. The van der Waals surface area contributed by atoms with Crippen molar-refractivity contribution in [1.29, 1.82) is 0 Å². The third-order valence-corrected chi connectivity index (χ3v) is 9.97. The molecular weight excluding hydrogens is 666 g/mol. The molecule has 1 saturated carbocycles. The molecule has 0 aromatic heterocycles. The molecule has 1 aliphatic carbocycles. The Bertz CT molecular complexity index is 1710. The van der Waals surface area contributed by atoms with Crippen molar-refractivity contribution >= 4 is 35.8 Å². The van der Waals surface area contributed by atoms with Gasteiger partial charge in [0.1, 0.15) is 29.3 Å². The van der Waals surface area contributed by atoms with Crippen molar-refractivity contribution in [1.82, 2.24) is 25.8 Å². The Hall–Kier alpha value is -5.20. The first-order chi connectivity index (χ1) is 24.8. The van der Waals surface area contributed by atoms with E-state index >= 15 is 0 Å². The summed E-state index contributed by atoms with van der Waals surface area (Å²) < 4.78 is 11.4. The molecular formula is C39H47N5O8. The van der Waals surface area contributed by atoms with Crippen LogP contribution in [0.2, 0.25) is 0 Å². The summed E-state index contributed by atoms with van der Waals surface area (Å²) >= 11 is 0. The van der Waals surface area contributed by atoms with Gasteiger partial charge in [-0.25, -0.2) is 9.59 Å². The molecule has 3 N–H and O–H groups in total. The standard InChI is InChI=1S/C39H47N5O8/c1-38(2,3)52-36(49)40-30-19-11-6-4-5-10-18-28-21-39(28,35(48)41-32(45)25-14-8-7-9-15-25)42-33(46)31-20-29(24-44(31)34(30)47)51-37(50)43-22-26-16-12-13-17-27(26)23-43/h7-10,12-18,28-31H,4-6,11,19-24H2,1-3H3,(H,40,49)(H,42,46)(H,41,45,48)/b18-10-/t28-,29-,30+,31+,39-/m1/s1. The van der Waals surface area contributed by atoms with Crippen LogP contribution in [0.4, 0.5) is 9.59 Å². The summed E-state index contributed by atoms with van der Waals surface area (Å²) in [5.74, 6) is -2.75. The van der Waals surface area contributed by atoms with Crippen LogP contribution in [0.3, 0.4) is 0 Å². The fourth-order valence-corrected chi connectivity index (χ4v) is 7.17. The SMILES string of the molecule is CC(C)(C)OC(=O)N[C@H]1CCCCC/C=C\[C@@H]2C[C@@]2(C(=O)NC(=O)c2ccccc2)NC(=O)[C@@H]2C[C@@H](OC(=O)N3Cc4ccccc4C3)CN2C1=O. The van der Waals surface area contributed by atoms with E-state index in [9.17, 15) is 28.8 Å². The molecule has 3 aliphatic heterocycles. The number of alkyl carbamates (subject to hydrolysis) is 1. The van der Waals surface area contributed by atoms with Crippen molar-refractivity contribution in [2.24, 2.45) is 5.92 Å². The number of ether oxygens (including phenoxy) is 2. The topological polar surface area (TPSA) is 163 Å². The summed E-state index contributed by atoms with van der Waals surface area (Å²) in [5.41, 5.74) is 0.113. The van der Waals surface area contributed by atoms with Gasteiger partial charge in [-0.15, -0.1) is 0 Å². The number of allylic oxidation sites excluding steroid dienone is 1. The predicted octanol–water partition coefficient (Wildman–Crippen LogP) is 4.35. The average Bonchev–Trinajstić information content (AvgIpc) is 3.40. The van der Waals surface area contributed by atoms with Gasteiger partial charge in [-0.1, -0.05) is 67.5 Å². The Kier molecular flexibility index (Phi) is 10.7. The third-order valence-electron chi connectivity index (χ3n) is 9.97. The fraction of sp³-hybridized carbons (Fsp3) is 0.487. The average molecular weight is 714 g/mol. The number of nitrogens with one attached hydrogen (secondary N) is 3. The Morgan fingerprint density at radius 2 is 1.62 bits per heavy atom. The molecule has 6 rings (SSSR count). The van der Waals surface area contributed by atoms with Crippen molar-refractivity contribution in [2.45, 2.75) is 108 Å². The first kappa shape index (κ1) is 36.6. The minimum atomic E-state index is -1.42. The number of rotatable bonds is 4. The van der Waals surface area contributed by atoms with Crippen molar-refractivity contribution in [3.8, 4) is 0 Å². The van der Waals surface area contributed by atoms with Crippen LogP contribution in [0.5, 0.6) is 0 Å². The lowest BCUT2D eigenvalue weighted by Crippen LogP contribution is -2.58. The number of fused-ring (bicyclic) bond motifs is 3. The van der Waals surface area contributed by atoms with E-state index in [4.69, 9.17) is 9.47 Å². The molecule has 6 amide bonds. The number of hydrogen-bond donors (Lipinski definition) is 3. The van der Waals surface area contributed by atoms with E-state index in [1.807, 2.05) is 36.4 Å². The first-order valence-corrected chi connectivity index (χ1v) is 18.0. The number of hydrogen-bond acceptors (Lipinski definition) is 8. The number of carbonyl (C=O) groups excluding carboxylic acids is 6. The molecule has 2 aromatic carbocycles. The maximum atomic E-state index is 14.3. The van der Waals surface area contributed by atoms with Crippen LogP contribution >= 0.6 is 0 Å². The molecule has 0 spiro atoms. The highest BCUT2D eigenvalue weighted by Crippen LogP contribution is 2.45. The van der Waals surface area contributed by atoms with E-state index < -0.39 is 65.1 Å². The van der Waals surface area contributed by atoms with Crippen LogP contribution in [0.1, 0.15) is 87.2 Å². The second kappa shape index (κ2) is 15.2. The van der Waals surface area contributed by atoms with Crippen LogP contribution in [-0.2, 0) is 36.9 Å². The smallest absolute Gasteiger partial charge is 0.410 e. The Morgan fingerprint density at radius 3 is 2.31 bits per heavy atom. The van der Waals surface area contributed by atoms with Gasteiger partial charge in [0.2, 0.25) is 11.8 Å². The van der Waals surface area contributed by atoms with Gasteiger partial charge in [0, 0.05) is 31.0 Å². The van der Waals surface area contributed by atoms with Crippen LogP contribution in [0, 0.1) is 5.92 Å². The minimum Gasteiger partial charge on any atom is -0.444 e. The molecule has 0 bridgehead atoms. The molecule has 276 valence electrons. The third kappa shape index (κ3) is 8.46. The van der Waals surface area contributed by atoms with Gasteiger partial charge in [0.25, 0.3) is 11.8 Å². The number of amides is 6. The Labute approximate surface area is 303 Å². The molecule has 52 heavy (non-hydrogen) atoms. The van der Waals surface area contributed by atoms with Crippen molar-refractivity contribution < 1.29 is 38.2 Å². The summed E-state index contributed by atoms with van der Waals surface area (Å²) in [5, 5.41) is 8.08. The quantitative estimate of drug-likeness (QED) is 0.311. The van der Waals surface area contributed by atoms with E-state index in [-0.39, 0.29) is 25.3 Å². The predicted molar refractivity (Wildman–Crippen MR) is 189 cm³/mol. The summed E-state index contributed by atoms with van der Waals surface area (Å²) in [6.45, 7) is 5.84. The first-order valence-electron chi connectivity index (χ1n) is 18.0. The van der Waals surface area contributed by atoms with E-state index in [1.54, 1.807) is 56.0 Å². The van der Waals surface area contributed by atoms with Crippen molar-refractivity contribution in [3.63, 3.8) is 0 Å². The van der Waals surface area contributed by atoms with E-state index in [2.05, 4.69) is 16.0 Å². The highest BCUT2D eigenvalue weighted by molar-refractivity contribution is 6.10. The number of carbonyl (C=O) groups is 6. The van der Waals surface area contributed by atoms with Gasteiger partial charge in [-0.2, -0.15) is 0 Å². The van der Waals surface area contributed by atoms with Gasteiger partial charge < -0.3 is 25.0 Å².